The molecule has 1 nitrogen and oxygen atoms in total. The quantitative estimate of drug-likeness (QED) is 0.646. The second kappa shape index (κ2) is 5.04. The number of fused-ring (bicyclic) bond motifs is 1. The van der Waals surface area contributed by atoms with Crippen molar-refractivity contribution < 1.29 is 4.74 Å². The lowest BCUT2D eigenvalue weighted by Crippen LogP contribution is -1.96. The van der Waals surface area contributed by atoms with Crippen molar-refractivity contribution >= 4 is 50.5 Å². The van der Waals surface area contributed by atoms with Crippen LogP contribution in [-0.2, 0) is 6.42 Å². The van der Waals surface area contributed by atoms with Crippen molar-refractivity contribution in [1.29, 1.82) is 0 Å². The number of hydrogen-bond donors (Lipinski definition) is 0. The molecule has 1 atom stereocenters. The maximum absolute atomic E-state index is 6.58. The highest BCUT2D eigenvalue weighted by atomic mass is 79.9. The molecule has 2 aromatic rings. The minimum atomic E-state index is -0.232. The van der Waals surface area contributed by atoms with E-state index in [0.29, 0.717) is 11.6 Å². The summed E-state index contributed by atoms with van der Waals surface area (Å²) in [4.78, 5) is 1.08. The summed E-state index contributed by atoms with van der Waals surface area (Å²) in [6, 6.07) is 5.86. The summed E-state index contributed by atoms with van der Waals surface area (Å²) in [5.41, 5.74) is 2.11. The van der Waals surface area contributed by atoms with Crippen LogP contribution in [0.15, 0.2) is 28.1 Å². The molecule has 0 saturated carbocycles. The molecule has 18 heavy (non-hydrogen) atoms. The molecule has 1 unspecified atom stereocenters. The van der Waals surface area contributed by atoms with Crippen molar-refractivity contribution in [2.75, 3.05) is 6.61 Å². The molecular weight excluding hydrogens is 355 g/mol. The fourth-order valence-electron chi connectivity index (χ4n) is 2.11. The van der Waals surface area contributed by atoms with E-state index in [1.165, 1.54) is 0 Å². The Morgan fingerprint density at radius 3 is 2.94 bits per heavy atom. The zero-order chi connectivity index (χ0) is 12.7. The van der Waals surface area contributed by atoms with Crippen LogP contribution >= 0.6 is 50.5 Å². The van der Waals surface area contributed by atoms with Gasteiger partial charge in [0.25, 0.3) is 0 Å². The van der Waals surface area contributed by atoms with Gasteiger partial charge in [-0.1, -0.05) is 11.6 Å². The van der Waals surface area contributed by atoms with Crippen LogP contribution in [0.5, 0.6) is 5.75 Å². The van der Waals surface area contributed by atoms with Crippen LogP contribution in [-0.4, -0.2) is 6.61 Å². The molecule has 0 aliphatic carbocycles. The highest BCUT2D eigenvalue weighted by Crippen LogP contribution is 2.44. The molecule has 94 valence electrons. The first kappa shape index (κ1) is 12.8. The zero-order valence-electron chi connectivity index (χ0n) is 9.25. The molecule has 1 aromatic carbocycles. The van der Waals surface area contributed by atoms with Gasteiger partial charge >= 0.3 is 0 Å². The first-order valence-electron chi connectivity index (χ1n) is 5.49. The van der Waals surface area contributed by atoms with Crippen molar-refractivity contribution in [1.82, 2.24) is 0 Å². The van der Waals surface area contributed by atoms with Gasteiger partial charge in [-0.05, 0) is 45.1 Å². The summed E-state index contributed by atoms with van der Waals surface area (Å²) in [5, 5.41) is 2.50. The lowest BCUT2D eigenvalue weighted by atomic mass is 10.0. The van der Waals surface area contributed by atoms with Gasteiger partial charge in [-0.2, -0.15) is 0 Å². The predicted octanol–water partition coefficient (Wildman–Crippen LogP) is 5.43. The number of alkyl halides is 1. The lowest BCUT2D eigenvalue weighted by Gasteiger charge is -2.14. The SMILES string of the molecule is Clc1cc2c(c(C(Cl)c3sccc3Br)c1)OCC2. The van der Waals surface area contributed by atoms with Gasteiger partial charge in [-0.25, -0.2) is 0 Å². The van der Waals surface area contributed by atoms with E-state index in [2.05, 4.69) is 15.9 Å². The third-order valence-electron chi connectivity index (χ3n) is 2.93. The predicted molar refractivity (Wildman–Crippen MR) is 80.4 cm³/mol. The number of benzene rings is 1. The van der Waals surface area contributed by atoms with Gasteiger partial charge < -0.3 is 4.74 Å². The van der Waals surface area contributed by atoms with E-state index in [-0.39, 0.29) is 5.38 Å². The molecule has 0 fully saturated rings. The number of hydrogen-bond acceptors (Lipinski definition) is 2. The largest absolute Gasteiger partial charge is 0.493 e. The molecule has 3 rings (SSSR count). The number of thiophene rings is 1. The van der Waals surface area contributed by atoms with Crippen LogP contribution in [0.3, 0.4) is 0 Å². The summed E-state index contributed by atoms with van der Waals surface area (Å²) in [5.74, 6) is 0.903. The van der Waals surface area contributed by atoms with E-state index in [1.807, 2.05) is 23.6 Å². The highest BCUT2D eigenvalue weighted by Gasteiger charge is 2.25. The number of halogens is 3. The van der Waals surface area contributed by atoms with Crippen LogP contribution in [0.4, 0.5) is 0 Å². The lowest BCUT2D eigenvalue weighted by molar-refractivity contribution is 0.354. The maximum atomic E-state index is 6.58. The van der Waals surface area contributed by atoms with Crippen LogP contribution in [0.2, 0.25) is 5.02 Å². The van der Waals surface area contributed by atoms with E-state index in [9.17, 15) is 0 Å². The molecule has 1 aliphatic rings. The van der Waals surface area contributed by atoms with Crippen LogP contribution in [0, 0.1) is 0 Å². The molecule has 0 N–H and O–H groups in total. The monoisotopic (exact) mass is 362 g/mol. The molecule has 5 heteroatoms. The fraction of sp³-hybridized carbons (Fsp3) is 0.231. The average Bonchev–Trinajstić information content (AvgIpc) is 2.95. The van der Waals surface area contributed by atoms with Gasteiger partial charge in [0, 0.05) is 26.4 Å². The first-order valence-corrected chi connectivity index (χ1v) is 7.97. The Balaban J connectivity index is 2.10. The molecule has 1 aromatic heterocycles. The summed E-state index contributed by atoms with van der Waals surface area (Å²) in [6.07, 6.45) is 0.901. The topological polar surface area (TPSA) is 9.23 Å². The van der Waals surface area contributed by atoms with Crippen molar-refractivity contribution in [3.8, 4) is 5.75 Å². The Kier molecular flexibility index (Phi) is 3.59. The highest BCUT2D eigenvalue weighted by molar-refractivity contribution is 9.10. The summed E-state index contributed by atoms with van der Waals surface area (Å²) in [6.45, 7) is 0.706. The van der Waals surface area contributed by atoms with E-state index >= 15 is 0 Å². The maximum Gasteiger partial charge on any atom is 0.127 e. The van der Waals surface area contributed by atoms with E-state index in [1.54, 1.807) is 11.3 Å². The molecule has 0 bridgehead atoms. The second-order valence-corrected chi connectivity index (χ2v) is 6.75. The zero-order valence-corrected chi connectivity index (χ0v) is 13.2. The Morgan fingerprint density at radius 1 is 1.39 bits per heavy atom. The van der Waals surface area contributed by atoms with Crippen molar-refractivity contribution in [2.24, 2.45) is 0 Å². The fourth-order valence-corrected chi connectivity index (χ4v) is 4.52. The molecule has 1 aliphatic heterocycles. The summed E-state index contributed by atoms with van der Waals surface area (Å²) < 4.78 is 6.72. The van der Waals surface area contributed by atoms with Gasteiger partial charge in [0.2, 0.25) is 0 Å². The Hall–Kier alpha value is -0.220. The van der Waals surface area contributed by atoms with Crippen molar-refractivity contribution in [3.63, 3.8) is 0 Å². The summed E-state index contributed by atoms with van der Waals surface area (Å²) >= 11 is 17.9. The molecule has 0 saturated heterocycles. The second-order valence-electron chi connectivity index (χ2n) is 4.08. The van der Waals surface area contributed by atoms with Gasteiger partial charge in [0.15, 0.2) is 0 Å². The third-order valence-corrected chi connectivity index (χ3v) is 5.66. The minimum absolute atomic E-state index is 0.232. The van der Waals surface area contributed by atoms with E-state index < -0.39 is 0 Å². The minimum Gasteiger partial charge on any atom is -0.493 e. The van der Waals surface area contributed by atoms with Gasteiger partial charge in [0.05, 0.1) is 12.0 Å². The smallest absolute Gasteiger partial charge is 0.127 e. The van der Waals surface area contributed by atoms with E-state index in [0.717, 1.165) is 32.6 Å². The Bertz CT molecular complexity index is 597. The van der Waals surface area contributed by atoms with Crippen molar-refractivity contribution in [2.45, 2.75) is 11.8 Å². The number of ether oxygens (including phenoxy) is 1. The molecule has 0 spiro atoms. The van der Waals surface area contributed by atoms with Crippen molar-refractivity contribution in [3.05, 3.63) is 49.1 Å². The first-order chi connectivity index (χ1) is 8.66. The van der Waals surface area contributed by atoms with Gasteiger partial charge in [-0.3, -0.25) is 0 Å². The average molecular weight is 364 g/mol. The Morgan fingerprint density at radius 2 is 2.22 bits per heavy atom. The van der Waals surface area contributed by atoms with Gasteiger partial charge in [0.1, 0.15) is 5.75 Å². The number of rotatable bonds is 2. The standard InChI is InChI=1S/C13H9BrCl2OS/c14-10-2-4-18-13(10)11(16)9-6-8(15)5-7-1-3-17-12(7)9/h2,4-6,11H,1,3H2. The van der Waals surface area contributed by atoms with E-state index in [4.69, 9.17) is 27.9 Å². The molecule has 0 radical (unpaired) electrons. The van der Waals surface area contributed by atoms with Crippen LogP contribution in [0.1, 0.15) is 21.4 Å². The molecule has 0 amide bonds. The third kappa shape index (κ3) is 2.18. The molecule has 2 heterocycles. The van der Waals surface area contributed by atoms with Crippen LogP contribution < -0.4 is 4.74 Å². The molecular formula is C13H9BrCl2OS. The van der Waals surface area contributed by atoms with Gasteiger partial charge in [-0.15, -0.1) is 22.9 Å². The Labute approximate surface area is 128 Å². The van der Waals surface area contributed by atoms with Crippen LogP contribution in [0.25, 0.3) is 0 Å². The normalized spacial score (nSPS) is 15.3. The summed E-state index contributed by atoms with van der Waals surface area (Å²) in [7, 11) is 0.